The fourth-order valence-electron chi connectivity index (χ4n) is 4.70. The molecule has 0 aliphatic carbocycles. The molecule has 0 radical (unpaired) electrons. The number of cyclic esters (lactones) is 1. The van der Waals surface area contributed by atoms with E-state index in [1.54, 1.807) is 12.3 Å². The third-order valence-electron chi connectivity index (χ3n) is 6.01. The van der Waals surface area contributed by atoms with Gasteiger partial charge in [0.05, 0.1) is 11.6 Å². The molecule has 2 amide bonds. The van der Waals surface area contributed by atoms with E-state index in [1.807, 2.05) is 19.2 Å². The molecule has 1 aromatic carbocycles. The summed E-state index contributed by atoms with van der Waals surface area (Å²) in [6.07, 6.45) is 3.81. The number of alkyl carbamates (subject to hydrolysis) is 1. The predicted molar refractivity (Wildman–Crippen MR) is 100 cm³/mol. The van der Waals surface area contributed by atoms with Crippen LogP contribution < -0.4 is 10.6 Å². The smallest absolute Gasteiger partial charge is 0.407 e. The summed E-state index contributed by atoms with van der Waals surface area (Å²) >= 11 is 0. The zero-order valence-electron chi connectivity index (χ0n) is 16.0. The van der Waals surface area contributed by atoms with Gasteiger partial charge in [0.25, 0.3) is 0 Å². The fraction of sp³-hybridized carbons (Fsp3) is 0.450. The Bertz CT molecular complexity index is 984. The van der Waals surface area contributed by atoms with E-state index in [-0.39, 0.29) is 29.9 Å². The van der Waals surface area contributed by atoms with Crippen molar-refractivity contribution in [2.45, 2.75) is 37.5 Å². The van der Waals surface area contributed by atoms with Crippen LogP contribution in [0.5, 0.6) is 0 Å². The first-order chi connectivity index (χ1) is 13.9. The number of imidazole rings is 1. The van der Waals surface area contributed by atoms with E-state index >= 15 is 0 Å². The maximum Gasteiger partial charge on any atom is 0.407 e. The fourth-order valence-corrected chi connectivity index (χ4v) is 4.70. The second-order valence-electron chi connectivity index (χ2n) is 8.18. The highest BCUT2D eigenvalue weighted by Crippen LogP contribution is 2.45. The molecule has 2 fully saturated rings. The Morgan fingerprint density at radius 2 is 2.28 bits per heavy atom. The van der Waals surface area contributed by atoms with Gasteiger partial charge < -0.3 is 19.9 Å². The minimum atomic E-state index is -0.676. The number of hydrogen-bond donors (Lipinski definition) is 2. The Kier molecular flexibility index (Phi) is 4.09. The molecule has 2 atom stereocenters. The number of carbonyl (C=O) groups excluding carboxylic acids is 2. The minimum Gasteiger partial charge on any atom is -0.447 e. The molecule has 0 saturated carbocycles. The van der Waals surface area contributed by atoms with Gasteiger partial charge in [0.1, 0.15) is 24.3 Å². The first-order valence-electron chi connectivity index (χ1n) is 9.68. The van der Waals surface area contributed by atoms with Crippen LogP contribution in [0, 0.1) is 12.7 Å². The Labute approximate surface area is 167 Å². The van der Waals surface area contributed by atoms with Gasteiger partial charge in [0, 0.05) is 44.0 Å². The van der Waals surface area contributed by atoms with E-state index in [4.69, 9.17) is 4.74 Å². The second kappa shape index (κ2) is 6.55. The molecule has 3 aliphatic heterocycles. The van der Waals surface area contributed by atoms with E-state index in [0.717, 1.165) is 30.9 Å². The lowest BCUT2D eigenvalue weighted by atomic mass is 9.85. The number of rotatable bonds is 4. The van der Waals surface area contributed by atoms with Crippen molar-refractivity contribution in [1.82, 2.24) is 25.1 Å². The van der Waals surface area contributed by atoms with Crippen LogP contribution in [-0.4, -0.2) is 52.2 Å². The number of amides is 2. The molecule has 9 heteroatoms. The number of nitrogens with one attached hydrogen (secondary N) is 2. The van der Waals surface area contributed by atoms with E-state index < -0.39 is 12.1 Å². The summed E-state index contributed by atoms with van der Waals surface area (Å²) in [6, 6.07) is 4.27. The van der Waals surface area contributed by atoms with Gasteiger partial charge in [0.15, 0.2) is 0 Å². The number of benzene rings is 1. The molecule has 2 N–H and O–H groups in total. The largest absolute Gasteiger partial charge is 0.447 e. The average molecular weight is 399 g/mol. The highest BCUT2D eigenvalue weighted by atomic mass is 19.1. The van der Waals surface area contributed by atoms with Crippen LogP contribution in [0.1, 0.15) is 29.4 Å². The lowest BCUT2D eigenvalue weighted by molar-refractivity contribution is -0.123. The Morgan fingerprint density at radius 1 is 1.45 bits per heavy atom. The molecule has 152 valence electrons. The number of fused-ring (bicyclic) bond motifs is 2. The molecular weight excluding hydrogens is 377 g/mol. The maximum atomic E-state index is 14.1. The van der Waals surface area contributed by atoms with Crippen molar-refractivity contribution in [1.29, 1.82) is 0 Å². The lowest BCUT2D eigenvalue weighted by Crippen LogP contribution is -2.60. The monoisotopic (exact) mass is 399 g/mol. The molecule has 1 spiro atoms. The molecule has 1 aromatic heterocycles. The van der Waals surface area contributed by atoms with E-state index in [9.17, 15) is 14.0 Å². The average Bonchev–Trinajstić information content (AvgIpc) is 3.35. The van der Waals surface area contributed by atoms with Gasteiger partial charge in [-0.25, -0.2) is 14.2 Å². The van der Waals surface area contributed by atoms with Crippen molar-refractivity contribution in [3.63, 3.8) is 0 Å². The predicted octanol–water partition coefficient (Wildman–Crippen LogP) is 1.21. The highest BCUT2D eigenvalue weighted by Gasteiger charge is 2.52. The van der Waals surface area contributed by atoms with Crippen LogP contribution in [0.15, 0.2) is 30.6 Å². The number of halogens is 1. The molecule has 2 aromatic rings. The number of likely N-dealkylation sites (tertiary alicyclic amines) is 1. The van der Waals surface area contributed by atoms with Crippen molar-refractivity contribution >= 4 is 12.0 Å². The Balaban J connectivity index is 1.26. The molecule has 2 unspecified atom stereocenters. The third-order valence-corrected chi connectivity index (χ3v) is 6.01. The number of ether oxygens (including phenoxy) is 1. The lowest BCUT2D eigenvalue weighted by Gasteiger charge is -2.49. The SMILES string of the molecule is Cc1ccc(F)c(CN2CC3(CC(NC(=O)C4COC(=O)N4)c4nccn43)C2)c1. The molecule has 5 rings (SSSR count). The second-order valence-corrected chi connectivity index (χ2v) is 8.18. The summed E-state index contributed by atoms with van der Waals surface area (Å²) in [7, 11) is 0. The van der Waals surface area contributed by atoms with Crippen LogP contribution in [-0.2, 0) is 21.6 Å². The van der Waals surface area contributed by atoms with Crippen molar-refractivity contribution in [3.05, 3.63) is 53.4 Å². The quantitative estimate of drug-likeness (QED) is 0.807. The maximum absolute atomic E-state index is 14.1. The Hall–Kier alpha value is -2.94. The topological polar surface area (TPSA) is 88.5 Å². The van der Waals surface area contributed by atoms with E-state index in [0.29, 0.717) is 12.1 Å². The summed E-state index contributed by atoms with van der Waals surface area (Å²) in [5.41, 5.74) is 1.59. The first kappa shape index (κ1) is 18.1. The number of hydrogen-bond acceptors (Lipinski definition) is 5. The molecule has 0 bridgehead atoms. The van der Waals surface area contributed by atoms with Crippen molar-refractivity contribution in [3.8, 4) is 0 Å². The van der Waals surface area contributed by atoms with Gasteiger partial charge in [0.2, 0.25) is 5.91 Å². The Morgan fingerprint density at radius 3 is 3.03 bits per heavy atom. The van der Waals surface area contributed by atoms with Crippen LogP contribution in [0.25, 0.3) is 0 Å². The van der Waals surface area contributed by atoms with E-state index in [2.05, 4.69) is 25.1 Å². The van der Waals surface area contributed by atoms with Gasteiger partial charge in [-0.15, -0.1) is 0 Å². The van der Waals surface area contributed by atoms with Crippen molar-refractivity contribution in [2.75, 3.05) is 19.7 Å². The normalized spacial score (nSPS) is 24.7. The van der Waals surface area contributed by atoms with Crippen LogP contribution >= 0.6 is 0 Å². The standard InChI is InChI=1S/C20H22FN5O3/c1-12-2-3-14(21)13(6-12)8-25-10-20(11-25)7-15(17-22-4-5-26(17)20)23-18(27)16-9-29-19(28)24-16/h2-6,15-16H,7-11H2,1H3,(H,23,27)(H,24,28). The summed E-state index contributed by atoms with van der Waals surface area (Å²) < 4.78 is 21.0. The molecule has 29 heavy (non-hydrogen) atoms. The number of aromatic nitrogens is 2. The van der Waals surface area contributed by atoms with Gasteiger partial charge in [-0.1, -0.05) is 17.7 Å². The minimum absolute atomic E-state index is 0.0345. The van der Waals surface area contributed by atoms with Gasteiger partial charge in [-0.3, -0.25) is 9.69 Å². The molecule has 4 heterocycles. The molecule has 3 aliphatic rings. The number of nitrogens with zero attached hydrogens (tertiary/aromatic N) is 3. The van der Waals surface area contributed by atoms with Gasteiger partial charge >= 0.3 is 6.09 Å². The van der Waals surface area contributed by atoms with E-state index in [1.165, 1.54) is 6.07 Å². The van der Waals surface area contributed by atoms with Crippen molar-refractivity contribution < 1.29 is 18.7 Å². The van der Waals surface area contributed by atoms with Gasteiger partial charge in [-0.05, 0) is 13.0 Å². The first-order valence-corrected chi connectivity index (χ1v) is 9.68. The third kappa shape index (κ3) is 3.05. The highest BCUT2D eigenvalue weighted by molar-refractivity contribution is 5.88. The molecular formula is C20H22FN5O3. The summed E-state index contributed by atoms with van der Waals surface area (Å²) in [5.74, 6) is 0.354. The number of carbonyl (C=O) groups is 2. The van der Waals surface area contributed by atoms with Crippen LogP contribution in [0.3, 0.4) is 0 Å². The summed E-state index contributed by atoms with van der Waals surface area (Å²) in [4.78, 5) is 30.3. The zero-order chi connectivity index (χ0) is 20.2. The molecule has 8 nitrogen and oxygen atoms in total. The zero-order valence-corrected chi connectivity index (χ0v) is 16.0. The van der Waals surface area contributed by atoms with Crippen LogP contribution in [0.2, 0.25) is 0 Å². The van der Waals surface area contributed by atoms with Gasteiger partial charge in [-0.2, -0.15) is 0 Å². The molecule has 2 saturated heterocycles. The van der Waals surface area contributed by atoms with Crippen molar-refractivity contribution in [2.24, 2.45) is 0 Å². The van der Waals surface area contributed by atoms with Crippen LogP contribution in [0.4, 0.5) is 9.18 Å². The number of aryl methyl sites for hydroxylation is 1. The summed E-state index contributed by atoms with van der Waals surface area (Å²) in [6.45, 7) is 4.08. The summed E-state index contributed by atoms with van der Waals surface area (Å²) in [5, 5.41) is 5.49.